The van der Waals surface area contributed by atoms with Crippen molar-refractivity contribution in [2.75, 3.05) is 0 Å². The maximum atomic E-state index is 12.6. The van der Waals surface area contributed by atoms with Crippen molar-refractivity contribution in [3.8, 4) is 0 Å². The van der Waals surface area contributed by atoms with Crippen LogP contribution < -0.4 is 0 Å². The highest BCUT2D eigenvalue weighted by Gasteiger charge is 2.53. The third-order valence-corrected chi connectivity index (χ3v) is 3.15. The molecule has 0 radical (unpaired) electrons. The summed E-state index contributed by atoms with van der Waals surface area (Å²) in [5.41, 5.74) is -3.05. The van der Waals surface area contributed by atoms with E-state index >= 15 is 0 Å². The molecular weight excluding hydrogens is 347 g/mol. The van der Waals surface area contributed by atoms with Crippen molar-refractivity contribution in [3.05, 3.63) is 0 Å². The smallest absolute Gasteiger partial charge is 0.299 e. The summed E-state index contributed by atoms with van der Waals surface area (Å²) in [6.45, 7) is 0.788. The Morgan fingerprint density at radius 1 is 0.783 bits per heavy atom. The van der Waals surface area contributed by atoms with Crippen LogP contribution in [0.1, 0.15) is 33.1 Å². The van der Waals surface area contributed by atoms with Gasteiger partial charge in [0.15, 0.2) is 5.78 Å². The van der Waals surface area contributed by atoms with E-state index in [1.54, 1.807) is 0 Å². The molecule has 0 N–H and O–H groups in total. The van der Waals surface area contributed by atoms with Crippen LogP contribution in [0.5, 0.6) is 0 Å². The van der Waals surface area contributed by atoms with E-state index in [2.05, 4.69) is 0 Å². The zero-order valence-corrected chi connectivity index (χ0v) is 11.9. The lowest BCUT2D eigenvalue weighted by Crippen LogP contribution is -2.41. The van der Waals surface area contributed by atoms with E-state index in [0.717, 1.165) is 0 Å². The van der Waals surface area contributed by atoms with Crippen molar-refractivity contribution < 1.29 is 49.1 Å². The summed E-state index contributed by atoms with van der Waals surface area (Å²) in [6, 6.07) is 0. The van der Waals surface area contributed by atoms with Crippen LogP contribution in [0, 0.1) is 11.3 Å². The summed E-state index contributed by atoms with van der Waals surface area (Å²) in [4.78, 5) is 22.9. The van der Waals surface area contributed by atoms with Gasteiger partial charge in [-0.3, -0.25) is 9.59 Å². The highest BCUT2D eigenvalue weighted by Crippen LogP contribution is 2.40. The normalized spacial score (nSPS) is 14.3. The molecule has 0 atom stereocenters. The Hall–Kier alpha value is -1.29. The molecule has 0 unspecified atom stereocenters. The number of carbonyl (C=O) groups is 2. The molecule has 0 spiro atoms. The molecule has 0 heterocycles. The van der Waals surface area contributed by atoms with Gasteiger partial charge in [0.05, 0.1) is 19.3 Å². The number of rotatable bonds is 6. The molecule has 0 fully saturated rings. The first-order chi connectivity index (χ1) is 9.87. The number of halogens is 9. The number of Topliss-reactive ketones (excluding diaryl/α,β-unsaturated/α-hetero) is 2. The summed E-state index contributed by atoms with van der Waals surface area (Å²) in [7, 11) is 0. The maximum Gasteiger partial charge on any atom is 0.400 e. The van der Waals surface area contributed by atoms with Gasteiger partial charge >= 0.3 is 18.5 Å². The van der Waals surface area contributed by atoms with Gasteiger partial charge in [0.1, 0.15) is 11.2 Å². The molecule has 0 amide bonds. The number of hydrogen-bond donors (Lipinski definition) is 0. The van der Waals surface area contributed by atoms with Crippen LogP contribution >= 0.6 is 0 Å². The van der Waals surface area contributed by atoms with Gasteiger partial charge in [0, 0.05) is 5.92 Å². The molecule has 0 aliphatic rings. The van der Waals surface area contributed by atoms with E-state index in [9.17, 15) is 49.1 Å². The van der Waals surface area contributed by atoms with Crippen LogP contribution in [0.4, 0.5) is 39.5 Å². The SMILES string of the molecule is CC(C)(C(=O)CC(=O)C(CC(F)(F)F)CC(F)(F)F)C(F)(F)F. The van der Waals surface area contributed by atoms with E-state index in [4.69, 9.17) is 0 Å². The van der Waals surface area contributed by atoms with Crippen molar-refractivity contribution in [1.29, 1.82) is 0 Å². The second-order valence-corrected chi connectivity index (χ2v) is 5.52. The molecule has 136 valence electrons. The fraction of sp³-hybridized carbons (Fsp3) is 0.833. The number of ketones is 2. The molecule has 0 aromatic heterocycles. The summed E-state index contributed by atoms with van der Waals surface area (Å²) in [5.74, 6) is -6.26. The Morgan fingerprint density at radius 2 is 1.13 bits per heavy atom. The minimum Gasteiger partial charge on any atom is -0.299 e. The first-order valence-electron chi connectivity index (χ1n) is 6.13. The molecule has 0 aromatic rings. The molecule has 2 nitrogen and oxygen atoms in total. The molecule has 0 aliphatic carbocycles. The zero-order valence-electron chi connectivity index (χ0n) is 11.9. The summed E-state index contributed by atoms with van der Waals surface area (Å²) >= 11 is 0. The lowest BCUT2D eigenvalue weighted by Gasteiger charge is -2.27. The van der Waals surface area contributed by atoms with Gasteiger partial charge in [-0.1, -0.05) is 0 Å². The van der Waals surface area contributed by atoms with Crippen molar-refractivity contribution in [1.82, 2.24) is 0 Å². The molecule has 0 aromatic carbocycles. The molecule has 23 heavy (non-hydrogen) atoms. The summed E-state index contributed by atoms with van der Waals surface area (Å²) in [6.07, 6.45) is -21.3. The Labute approximate surface area is 125 Å². The average Bonchev–Trinajstić information content (AvgIpc) is 2.22. The number of carbonyl (C=O) groups excluding carboxylic acids is 2. The topological polar surface area (TPSA) is 34.1 Å². The summed E-state index contributed by atoms with van der Waals surface area (Å²) < 4.78 is 111. The number of alkyl halides is 9. The quantitative estimate of drug-likeness (QED) is 0.512. The van der Waals surface area contributed by atoms with Gasteiger partial charge in [0.25, 0.3) is 0 Å². The lowest BCUT2D eigenvalue weighted by atomic mass is 9.82. The fourth-order valence-corrected chi connectivity index (χ4v) is 1.54. The van der Waals surface area contributed by atoms with Gasteiger partial charge < -0.3 is 0 Å². The predicted molar refractivity (Wildman–Crippen MR) is 59.3 cm³/mol. The first kappa shape index (κ1) is 21.7. The van der Waals surface area contributed by atoms with Crippen LogP contribution in [0.3, 0.4) is 0 Å². The largest absolute Gasteiger partial charge is 0.400 e. The molecular formula is C12H13F9O2. The standard InChI is InChI=1S/C12H13F9O2/c1-9(2,12(19,20)21)8(23)3-7(22)6(4-10(13,14)15)5-11(16,17)18/h6H,3-5H2,1-2H3. The Balaban J connectivity index is 5.22. The van der Waals surface area contributed by atoms with Crippen LogP contribution in [-0.4, -0.2) is 30.1 Å². The van der Waals surface area contributed by atoms with Gasteiger partial charge in [-0.05, 0) is 13.8 Å². The second-order valence-electron chi connectivity index (χ2n) is 5.52. The Bertz CT molecular complexity index is 427. The predicted octanol–water partition coefficient (Wildman–Crippen LogP) is 4.62. The molecule has 0 aliphatic heterocycles. The molecule has 0 bridgehead atoms. The van der Waals surface area contributed by atoms with E-state index in [0.29, 0.717) is 13.8 Å². The Morgan fingerprint density at radius 3 is 1.39 bits per heavy atom. The van der Waals surface area contributed by atoms with Crippen LogP contribution in [-0.2, 0) is 9.59 Å². The van der Waals surface area contributed by atoms with Crippen LogP contribution in [0.2, 0.25) is 0 Å². The highest BCUT2D eigenvalue weighted by atomic mass is 19.4. The minimum absolute atomic E-state index is 0.394. The van der Waals surface area contributed by atoms with Crippen LogP contribution in [0.15, 0.2) is 0 Å². The summed E-state index contributed by atoms with van der Waals surface area (Å²) in [5, 5.41) is 0. The number of hydrogen-bond acceptors (Lipinski definition) is 2. The molecule has 11 heteroatoms. The van der Waals surface area contributed by atoms with E-state index < -0.39 is 60.7 Å². The third kappa shape index (κ3) is 7.21. The van der Waals surface area contributed by atoms with Crippen molar-refractivity contribution in [3.63, 3.8) is 0 Å². The van der Waals surface area contributed by atoms with Gasteiger partial charge in [-0.15, -0.1) is 0 Å². The van der Waals surface area contributed by atoms with E-state index in [1.807, 2.05) is 0 Å². The second kappa shape index (κ2) is 6.68. The third-order valence-electron chi connectivity index (χ3n) is 3.15. The lowest BCUT2D eigenvalue weighted by molar-refractivity contribution is -0.210. The van der Waals surface area contributed by atoms with Crippen LogP contribution in [0.25, 0.3) is 0 Å². The fourth-order valence-electron chi connectivity index (χ4n) is 1.54. The van der Waals surface area contributed by atoms with Gasteiger partial charge in [-0.25, -0.2) is 0 Å². The molecule has 0 saturated heterocycles. The van der Waals surface area contributed by atoms with Crippen molar-refractivity contribution in [2.24, 2.45) is 11.3 Å². The van der Waals surface area contributed by atoms with E-state index in [-0.39, 0.29) is 0 Å². The van der Waals surface area contributed by atoms with Crippen molar-refractivity contribution >= 4 is 11.6 Å². The maximum absolute atomic E-state index is 12.6. The van der Waals surface area contributed by atoms with Crippen molar-refractivity contribution in [2.45, 2.75) is 51.6 Å². The molecule has 0 rings (SSSR count). The Kier molecular flexibility index (Phi) is 6.30. The van der Waals surface area contributed by atoms with Gasteiger partial charge in [-0.2, -0.15) is 39.5 Å². The first-order valence-corrected chi connectivity index (χ1v) is 6.13. The minimum atomic E-state index is -5.13. The van der Waals surface area contributed by atoms with Gasteiger partial charge in [0.2, 0.25) is 0 Å². The zero-order chi connectivity index (χ0) is 18.9. The average molecular weight is 360 g/mol. The molecule has 0 saturated carbocycles. The van der Waals surface area contributed by atoms with E-state index in [1.165, 1.54) is 0 Å². The monoisotopic (exact) mass is 360 g/mol. The highest BCUT2D eigenvalue weighted by molar-refractivity contribution is 6.02.